The van der Waals surface area contributed by atoms with Crippen LogP contribution in [0.15, 0.2) is 60.8 Å². The van der Waals surface area contributed by atoms with Gasteiger partial charge in [-0.15, -0.1) is 0 Å². The number of alkyl halides is 3. The number of rotatable bonds is 6. The van der Waals surface area contributed by atoms with Gasteiger partial charge in [0.05, 0.1) is 24.0 Å². The highest BCUT2D eigenvalue weighted by atomic mass is 19.4. The van der Waals surface area contributed by atoms with Gasteiger partial charge in [0.25, 0.3) is 5.91 Å². The molecule has 0 saturated heterocycles. The topological polar surface area (TPSA) is 140 Å². The number of halogens is 4. The minimum Gasteiger partial charge on any atom is -0.489 e. The molecule has 0 radical (unpaired) electrons. The van der Waals surface area contributed by atoms with Crippen molar-refractivity contribution in [2.24, 2.45) is 5.73 Å². The lowest BCUT2D eigenvalue weighted by Gasteiger charge is -2.31. The summed E-state index contributed by atoms with van der Waals surface area (Å²) in [5.41, 5.74) is -0.132. The fraction of sp³-hybridized carbons (Fsp3) is 0.222. The molecule has 9 nitrogen and oxygen atoms in total. The highest BCUT2D eigenvalue weighted by Gasteiger charge is 2.57. The van der Waals surface area contributed by atoms with Crippen molar-refractivity contribution >= 4 is 22.7 Å². The summed E-state index contributed by atoms with van der Waals surface area (Å²) < 4.78 is 62.8. The minimum atomic E-state index is -5.33. The predicted molar refractivity (Wildman–Crippen MR) is 133 cm³/mol. The molecule has 5 rings (SSSR count). The van der Waals surface area contributed by atoms with E-state index in [-0.39, 0.29) is 34.7 Å². The van der Waals surface area contributed by atoms with Crippen molar-refractivity contribution in [3.05, 3.63) is 83.4 Å². The number of aromatic nitrogens is 3. The maximum atomic E-state index is 14.5. The van der Waals surface area contributed by atoms with Crippen LogP contribution in [-0.2, 0) is 15.8 Å². The van der Waals surface area contributed by atoms with Crippen molar-refractivity contribution < 1.29 is 37.0 Å². The number of fused-ring (bicyclic) bond motifs is 2. The van der Waals surface area contributed by atoms with E-state index in [1.165, 1.54) is 43.5 Å². The third-order valence-electron chi connectivity index (χ3n) is 6.91. The number of pyridine rings is 1. The molecule has 2 aromatic carbocycles. The monoisotopic (exact) mass is 555 g/mol. The van der Waals surface area contributed by atoms with Crippen molar-refractivity contribution in [3.63, 3.8) is 0 Å². The summed E-state index contributed by atoms with van der Waals surface area (Å²) in [4.78, 5) is 29.2. The van der Waals surface area contributed by atoms with E-state index in [1.54, 1.807) is 6.07 Å². The Hall–Kier alpha value is -4.65. The van der Waals surface area contributed by atoms with E-state index < -0.39 is 47.1 Å². The number of primary amides is 1. The average Bonchev–Trinajstić information content (AvgIpc) is 3.28. The molecule has 2 aromatic heterocycles. The molecule has 40 heavy (non-hydrogen) atoms. The van der Waals surface area contributed by atoms with E-state index >= 15 is 0 Å². The highest BCUT2D eigenvalue weighted by Crippen LogP contribution is 2.47. The Labute approximate surface area is 224 Å². The number of aliphatic hydroxyl groups is 1. The second kappa shape index (κ2) is 9.52. The lowest BCUT2D eigenvalue weighted by Crippen LogP contribution is -2.51. The van der Waals surface area contributed by atoms with Crippen LogP contribution in [0, 0.1) is 5.82 Å². The number of nitrogens with one attached hydrogen (secondary N) is 1. The zero-order valence-corrected chi connectivity index (χ0v) is 20.8. The molecule has 4 N–H and O–H groups in total. The van der Waals surface area contributed by atoms with Crippen molar-refractivity contribution in [2.45, 2.75) is 24.1 Å². The quantitative estimate of drug-likeness (QED) is 0.311. The highest BCUT2D eigenvalue weighted by molar-refractivity contribution is 5.98. The molecule has 0 aliphatic carbocycles. The molecule has 0 unspecified atom stereocenters. The summed E-state index contributed by atoms with van der Waals surface area (Å²) in [6.07, 6.45) is -3.93. The first-order valence-electron chi connectivity index (χ1n) is 11.9. The molecular weight excluding hydrogens is 534 g/mol. The summed E-state index contributed by atoms with van der Waals surface area (Å²) in [6.45, 7) is -0.215. The first-order chi connectivity index (χ1) is 18.8. The van der Waals surface area contributed by atoms with E-state index in [9.17, 15) is 32.3 Å². The Kier molecular flexibility index (Phi) is 6.41. The van der Waals surface area contributed by atoms with Crippen molar-refractivity contribution in [1.29, 1.82) is 0 Å². The van der Waals surface area contributed by atoms with Gasteiger partial charge in [-0.2, -0.15) is 23.4 Å². The van der Waals surface area contributed by atoms with Gasteiger partial charge in [0.15, 0.2) is 0 Å². The Morgan fingerprint density at radius 2 is 1.85 bits per heavy atom. The molecule has 1 aliphatic rings. The maximum absolute atomic E-state index is 14.5. The predicted octanol–water partition coefficient (Wildman–Crippen LogP) is 3.15. The number of carbonyl (C=O) groups excluding carboxylic acids is 2. The van der Waals surface area contributed by atoms with Crippen LogP contribution in [0.25, 0.3) is 22.2 Å². The van der Waals surface area contributed by atoms with Gasteiger partial charge in [-0.25, -0.2) is 9.37 Å². The van der Waals surface area contributed by atoms with E-state index in [1.807, 2.05) is 0 Å². The van der Waals surface area contributed by atoms with Crippen LogP contribution in [0.5, 0.6) is 5.75 Å². The molecule has 3 heterocycles. The Bertz CT molecular complexity index is 1650. The average molecular weight is 555 g/mol. The molecule has 2 amide bonds. The SMILES string of the molecule is C[C@]1(C(N)=O)COc2c1cc([C@@](O)(CNC(=O)c1ccc3nnccc3c1)C(F)(F)F)nc2-c1ccc(F)cc1. The van der Waals surface area contributed by atoms with Crippen molar-refractivity contribution in [3.8, 4) is 17.0 Å². The Morgan fingerprint density at radius 1 is 1.12 bits per heavy atom. The van der Waals surface area contributed by atoms with E-state index in [0.717, 1.165) is 18.2 Å². The first-order valence-corrected chi connectivity index (χ1v) is 11.9. The lowest BCUT2D eigenvalue weighted by molar-refractivity contribution is -0.265. The number of ether oxygens (including phenoxy) is 1. The number of hydrogen-bond acceptors (Lipinski definition) is 7. The first kappa shape index (κ1) is 26.9. The third kappa shape index (κ3) is 4.47. The van der Waals surface area contributed by atoms with E-state index in [4.69, 9.17) is 10.5 Å². The van der Waals surface area contributed by atoms with Gasteiger partial charge in [0.2, 0.25) is 11.5 Å². The summed E-state index contributed by atoms with van der Waals surface area (Å²) in [5, 5.41) is 21.4. The normalized spacial score (nSPS) is 18.1. The second-order valence-electron chi connectivity index (χ2n) is 9.57. The summed E-state index contributed by atoms with van der Waals surface area (Å²) in [7, 11) is 0. The minimum absolute atomic E-state index is 0.0219. The van der Waals surface area contributed by atoms with Crippen LogP contribution < -0.4 is 15.8 Å². The fourth-order valence-corrected chi connectivity index (χ4v) is 4.38. The summed E-state index contributed by atoms with van der Waals surface area (Å²) >= 11 is 0. The van der Waals surface area contributed by atoms with Crippen LogP contribution in [0.1, 0.15) is 28.5 Å². The smallest absolute Gasteiger partial charge is 0.424 e. The molecule has 206 valence electrons. The summed E-state index contributed by atoms with van der Waals surface area (Å²) in [5.74, 6) is -2.40. The molecule has 0 saturated carbocycles. The van der Waals surface area contributed by atoms with Crippen molar-refractivity contribution in [2.75, 3.05) is 13.2 Å². The largest absolute Gasteiger partial charge is 0.489 e. The van der Waals surface area contributed by atoms with Gasteiger partial charge in [0, 0.05) is 22.1 Å². The molecule has 0 bridgehead atoms. The van der Waals surface area contributed by atoms with Crippen molar-refractivity contribution in [1.82, 2.24) is 20.5 Å². The van der Waals surface area contributed by atoms with Gasteiger partial charge < -0.3 is 20.9 Å². The second-order valence-corrected chi connectivity index (χ2v) is 9.57. The number of benzene rings is 2. The maximum Gasteiger partial charge on any atom is 0.424 e. The fourth-order valence-electron chi connectivity index (χ4n) is 4.38. The zero-order chi connectivity index (χ0) is 28.9. The Morgan fingerprint density at radius 3 is 2.52 bits per heavy atom. The van der Waals surface area contributed by atoms with Crippen LogP contribution in [0.2, 0.25) is 0 Å². The molecule has 13 heteroatoms. The number of nitrogens with two attached hydrogens (primary N) is 1. The molecule has 0 fully saturated rings. The van der Waals surface area contributed by atoms with Gasteiger partial charge >= 0.3 is 6.18 Å². The third-order valence-corrected chi connectivity index (χ3v) is 6.91. The van der Waals surface area contributed by atoms with Crippen LogP contribution in [-0.4, -0.2) is 51.4 Å². The molecule has 4 aromatic rings. The summed E-state index contributed by atoms with van der Waals surface area (Å²) in [6, 6.07) is 11.4. The van der Waals surface area contributed by atoms with Crippen LogP contribution >= 0.6 is 0 Å². The standard InChI is InChI=1S/C27H21F4N5O4/c1-25(24(32)38)13-40-22-18(25)11-20(35-21(22)14-2-5-17(28)6-3-14)26(39,27(29,30)31)12-33-23(37)16-4-7-19-15(10-16)8-9-34-36-19/h2-11,39H,12-13H2,1H3,(H2,32,38)(H,33,37)/t25-,26-/m0/s1. The number of amides is 2. The molecule has 2 atom stereocenters. The molecular formula is C27H21F4N5O4. The van der Waals surface area contributed by atoms with E-state index in [2.05, 4.69) is 20.5 Å². The van der Waals surface area contributed by atoms with Crippen LogP contribution in [0.4, 0.5) is 17.6 Å². The van der Waals surface area contributed by atoms with Gasteiger partial charge in [-0.05, 0) is 61.5 Å². The number of hydrogen-bond donors (Lipinski definition) is 3. The number of carbonyl (C=O) groups is 2. The van der Waals surface area contributed by atoms with Gasteiger partial charge in [-0.3, -0.25) is 9.59 Å². The number of nitrogens with zero attached hydrogens (tertiary/aromatic N) is 3. The van der Waals surface area contributed by atoms with E-state index in [0.29, 0.717) is 10.9 Å². The molecule has 1 aliphatic heterocycles. The van der Waals surface area contributed by atoms with Gasteiger partial charge in [0.1, 0.15) is 29.3 Å². The molecule has 0 spiro atoms. The van der Waals surface area contributed by atoms with Crippen LogP contribution in [0.3, 0.4) is 0 Å². The Balaban J connectivity index is 1.58. The van der Waals surface area contributed by atoms with Gasteiger partial charge in [-0.1, -0.05) is 0 Å². The zero-order valence-electron chi connectivity index (χ0n) is 20.8. The lowest BCUT2D eigenvalue weighted by atomic mass is 9.81.